The Bertz CT molecular complexity index is 975. The number of aromatic nitrogens is 2. The molecule has 4 N–H and O–H groups in total. The third-order valence-electron chi connectivity index (χ3n) is 4.33. The molecule has 0 spiro atoms. The van der Waals surface area contributed by atoms with Gasteiger partial charge in [0.25, 0.3) is 0 Å². The lowest BCUT2D eigenvalue weighted by Crippen LogP contribution is -2.37. The molecule has 0 unspecified atom stereocenters. The summed E-state index contributed by atoms with van der Waals surface area (Å²) in [6.45, 7) is 4.21. The Kier molecular flexibility index (Phi) is 9.63. The van der Waals surface area contributed by atoms with Crippen LogP contribution in [0.5, 0.6) is 0 Å². The number of nitrogens with two attached hydrogens (primary N) is 1. The number of benzene rings is 1. The fraction of sp³-hybridized carbons (Fsp3) is 0.286. The highest BCUT2D eigenvalue weighted by atomic mass is 127. The van der Waals surface area contributed by atoms with Gasteiger partial charge in [-0.2, -0.15) is 21.7 Å². The maximum atomic E-state index is 9.51. The van der Waals surface area contributed by atoms with Crippen molar-refractivity contribution in [3.05, 3.63) is 64.0 Å². The number of halogens is 1. The van der Waals surface area contributed by atoms with Crippen molar-refractivity contribution in [2.45, 2.75) is 26.3 Å². The summed E-state index contributed by atoms with van der Waals surface area (Å²) in [6.07, 6.45) is 1.46. The predicted octanol–water partition coefficient (Wildman–Crippen LogP) is 3.69. The second-order valence-corrected chi connectivity index (χ2v) is 7.20. The Morgan fingerprint density at radius 1 is 1.27 bits per heavy atom. The SMILES string of the molecule is CCNC(=NCc1ccsc1)NCCCc1nn(-c2ccccc2)c(N)c1C#N.I. The van der Waals surface area contributed by atoms with Crippen LogP contribution in [0.1, 0.15) is 30.2 Å². The van der Waals surface area contributed by atoms with Crippen LogP contribution in [0, 0.1) is 11.3 Å². The van der Waals surface area contributed by atoms with Gasteiger partial charge < -0.3 is 16.4 Å². The standard InChI is InChI=1S/C21H25N7S.HI/c1-2-24-21(26-14-16-10-12-29-15-16)25-11-6-9-19-18(13-22)20(23)28(27-19)17-7-4-3-5-8-17;/h3-5,7-8,10,12,15H,2,6,9,11,14,23H2,1H3,(H2,24,25,26);1H. The quantitative estimate of drug-likeness (QED) is 0.177. The Labute approximate surface area is 198 Å². The summed E-state index contributed by atoms with van der Waals surface area (Å²) in [5.74, 6) is 1.17. The van der Waals surface area contributed by atoms with Crippen molar-refractivity contribution in [1.29, 1.82) is 5.26 Å². The zero-order valence-electron chi connectivity index (χ0n) is 16.8. The average Bonchev–Trinajstić information content (AvgIpc) is 3.37. The number of nitrogens with zero attached hydrogens (tertiary/aromatic N) is 4. The molecule has 0 bridgehead atoms. The number of thiophene rings is 1. The normalized spacial score (nSPS) is 10.9. The van der Waals surface area contributed by atoms with E-state index in [2.05, 4.69) is 43.6 Å². The third-order valence-corrected chi connectivity index (χ3v) is 5.07. The third kappa shape index (κ3) is 6.21. The second kappa shape index (κ2) is 12.2. The zero-order chi connectivity index (χ0) is 20.5. The van der Waals surface area contributed by atoms with Gasteiger partial charge in [-0.3, -0.25) is 0 Å². The van der Waals surface area contributed by atoms with Crippen molar-refractivity contribution in [2.24, 2.45) is 4.99 Å². The highest BCUT2D eigenvalue weighted by Crippen LogP contribution is 2.21. The van der Waals surface area contributed by atoms with Gasteiger partial charge >= 0.3 is 0 Å². The molecule has 0 aliphatic rings. The number of nitriles is 1. The second-order valence-electron chi connectivity index (χ2n) is 6.42. The van der Waals surface area contributed by atoms with E-state index in [-0.39, 0.29) is 24.0 Å². The van der Waals surface area contributed by atoms with E-state index in [4.69, 9.17) is 5.73 Å². The lowest BCUT2D eigenvalue weighted by molar-refractivity contribution is 0.723. The summed E-state index contributed by atoms with van der Waals surface area (Å²) in [7, 11) is 0. The highest BCUT2D eigenvalue weighted by molar-refractivity contribution is 14.0. The van der Waals surface area contributed by atoms with Gasteiger partial charge in [-0.15, -0.1) is 24.0 Å². The van der Waals surface area contributed by atoms with Crippen molar-refractivity contribution in [2.75, 3.05) is 18.8 Å². The van der Waals surface area contributed by atoms with Crippen LogP contribution in [0.2, 0.25) is 0 Å². The molecule has 158 valence electrons. The zero-order valence-corrected chi connectivity index (χ0v) is 20.0. The Morgan fingerprint density at radius 3 is 2.73 bits per heavy atom. The van der Waals surface area contributed by atoms with Gasteiger partial charge in [0.1, 0.15) is 17.5 Å². The molecule has 0 aliphatic carbocycles. The Hall–Kier alpha value is -2.58. The first kappa shape index (κ1) is 23.7. The van der Waals surface area contributed by atoms with E-state index in [0.29, 0.717) is 24.3 Å². The molecule has 0 saturated carbocycles. The van der Waals surface area contributed by atoms with Crippen molar-refractivity contribution >= 4 is 47.1 Å². The van der Waals surface area contributed by atoms with E-state index < -0.39 is 0 Å². The van der Waals surface area contributed by atoms with Crippen LogP contribution < -0.4 is 16.4 Å². The number of hydrogen-bond donors (Lipinski definition) is 3. The molecule has 0 radical (unpaired) electrons. The molecule has 0 aliphatic heterocycles. The Balaban J connectivity index is 0.00000320. The molecular formula is C21H26IN7S. The van der Waals surface area contributed by atoms with E-state index in [9.17, 15) is 5.26 Å². The number of anilines is 1. The fourth-order valence-corrected chi connectivity index (χ4v) is 3.56. The summed E-state index contributed by atoms with van der Waals surface area (Å²) in [6, 6.07) is 13.9. The van der Waals surface area contributed by atoms with Gasteiger partial charge in [0.15, 0.2) is 5.96 Å². The molecule has 3 rings (SSSR count). The van der Waals surface area contributed by atoms with Crippen molar-refractivity contribution < 1.29 is 0 Å². The molecule has 0 saturated heterocycles. The van der Waals surface area contributed by atoms with E-state index in [1.807, 2.05) is 37.3 Å². The molecule has 7 nitrogen and oxygen atoms in total. The highest BCUT2D eigenvalue weighted by Gasteiger charge is 2.16. The number of guanidine groups is 1. The van der Waals surface area contributed by atoms with E-state index in [1.165, 1.54) is 5.56 Å². The number of nitrogen functional groups attached to an aromatic ring is 1. The maximum absolute atomic E-state index is 9.51. The first-order valence-electron chi connectivity index (χ1n) is 9.59. The lowest BCUT2D eigenvalue weighted by atomic mass is 10.1. The summed E-state index contributed by atoms with van der Waals surface area (Å²) >= 11 is 1.67. The lowest BCUT2D eigenvalue weighted by Gasteiger charge is -2.10. The Morgan fingerprint density at radius 2 is 2.07 bits per heavy atom. The molecule has 2 aromatic heterocycles. The number of para-hydroxylation sites is 1. The number of rotatable bonds is 8. The summed E-state index contributed by atoms with van der Waals surface area (Å²) in [4.78, 5) is 4.60. The average molecular weight is 535 g/mol. The number of aryl methyl sites for hydroxylation is 1. The topological polar surface area (TPSA) is 104 Å². The molecular weight excluding hydrogens is 509 g/mol. The minimum atomic E-state index is 0. The minimum Gasteiger partial charge on any atom is -0.382 e. The molecule has 0 amide bonds. The maximum Gasteiger partial charge on any atom is 0.191 e. The van der Waals surface area contributed by atoms with Gasteiger partial charge in [0.05, 0.1) is 17.9 Å². The van der Waals surface area contributed by atoms with Crippen LogP contribution in [0.4, 0.5) is 5.82 Å². The van der Waals surface area contributed by atoms with E-state index in [1.54, 1.807) is 16.0 Å². The van der Waals surface area contributed by atoms with Crippen LogP contribution in [0.15, 0.2) is 52.2 Å². The summed E-state index contributed by atoms with van der Waals surface area (Å²) < 4.78 is 1.63. The van der Waals surface area contributed by atoms with E-state index in [0.717, 1.165) is 36.9 Å². The van der Waals surface area contributed by atoms with Crippen LogP contribution in [0.25, 0.3) is 5.69 Å². The molecule has 1 aromatic carbocycles. The molecule has 0 fully saturated rings. The van der Waals surface area contributed by atoms with Gasteiger partial charge in [-0.25, -0.2) is 9.67 Å². The molecule has 2 heterocycles. The first-order chi connectivity index (χ1) is 14.2. The predicted molar refractivity (Wildman–Crippen MR) is 134 cm³/mol. The molecule has 3 aromatic rings. The molecule has 30 heavy (non-hydrogen) atoms. The van der Waals surface area contributed by atoms with Crippen LogP contribution >= 0.6 is 35.3 Å². The summed E-state index contributed by atoms with van der Waals surface area (Å²) in [5, 5.41) is 24.8. The van der Waals surface area contributed by atoms with Crippen LogP contribution in [0.3, 0.4) is 0 Å². The monoisotopic (exact) mass is 535 g/mol. The molecule has 0 atom stereocenters. The van der Waals surface area contributed by atoms with E-state index >= 15 is 0 Å². The van der Waals surface area contributed by atoms with Crippen LogP contribution in [-0.2, 0) is 13.0 Å². The van der Waals surface area contributed by atoms with Gasteiger partial charge in [-0.1, -0.05) is 18.2 Å². The minimum absolute atomic E-state index is 0. The number of aliphatic imine (C=N–C) groups is 1. The van der Waals surface area contributed by atoms with Gasteiger partial charge in [0.2, 0.25) is 0 Å². The smallest absolute Gasteiger partial charge is 0.191 e. The van der Waals surface area contributed by atoms with Crippen molar-refractivity contribution in [3.8, 4) is 11.8 Å². The van der Waals surface area contributed by atoms with Crippen LogP contribution in [-0.4, -0.2) is 28.8 Å². The first-order valence-corrected chi connectivity index (χ1v) is 10.5. The molecule has 9 heteroatoms. The van der Waals surface area contributed by atoms with Crippen molar-refractivity contribution in [3.63, 3.8) is 0 Å². The largest absolute Gasteiger partial charge is 0.382 e. The van der Waals surface area contributed by atoms with Gasteiger partial charge in [0, 0.05) is 13.1 Å². The summed E-state index contributed by atoms with van der Waals surface area (Å²) in [5.41, 5.74) is 9.38. The van der Waals surface area contributed by atoms with Gasteiger partial charge in [-0.05, 0) is 54.3 Å². The number of hydrogen-bond acceptors (Lipinski definition) is 5. The van der Waals surface area contributed by atoms with Crippen molar-refractivity contribution in [1.82, 2.24) is 20.4 Å². The number of nitrogens with one attached hydrogen (secondary N) is 2. The fourth-order valence-electron chi connectivity index (χ4n) is 2.90.